The van der Waals surface area contributed by atoms with Crippen molar-refractivity contribution in [2.75, 3.05) is 23.5 Å². The fraction of sp³-hybridized carbons (Fsp3) is 0.333. The van der Waals surface area contributed by atoms with E-state index in [1.807, 2.05) is 23.0 Å². The molecule has 35 heavy (non-hydrogen) atoms. The molecule has 0 radical (unpaired) electrons. The van der Waals surface area contributed by atoms with E-state index < -0.39 is 28.7 Å². The SMILES string of the molecule is COCCCn1cc2cc(N3C(=S)N(c4ccc(C#N)c(C(F)(F)F)c4)C(=O)C3(C)C)ccc2n1. The van der Waals surface area contributed by atoms with Crippen molar-refractivity contribution in [1.82, 2.24) is 9.78 Å². The molecular weight excluding hydrogens is 479 g/mol. The van der Waals surface area contributed by atoms with Gasteiger partial charge in [0.25, 0.3) is 5.91 Å². The molecule has 0 N–H and O–H groups in total. The second-order valence-electron chi connectivity index (χ2n) is 8.64. The van der Waals surface area contributed by atoms with Crippen molar-refractivity contribution < 1.29 is 22.7 Å². The summed E-state index contributed by atoms with van der Waals surface area (Å²) in [6.07, 6.45) is -2.07. The number of nitriles is 1. The molecule has 0 saturated carbocycles. The largest absolute Gasteiger partial charge is 0.417 e. The Kier molecular flexibility index (Phi) is 6.29. The molecule has 1 fully saturated rings. The first-order valence-electron chi connectivity index (χ1n) is 10.8. The lowest BCUT2D eigenvalue weighted by Gasteiger charge is -2.29. The van der Waals surface area contributed by atoms with E-state index in [9.17, 15) is 18.0 Å². The molecule has 0 spiro atoms. The lowest BCUT2D eigenvalue weighted by Crippen LogP contribution is -2.44. The van der Waals surface area contributed by atoms with Gasteiger partial charge < -0.3 is 9.64 Å². The second-order valence-corrected chi connectivity index (χ2v) is 9.00. The van der Waals surface area contributed by atoms with Gasteiger partial charge in [-0.2, -0.15) is 23.5 Å². The smallest absolute Gasteiger partial charge is 0.385 e. The number of anilines is 2. The van der Waals surface area contributed by atoms with E-state index in [0.29, 0.717) is 18.8 Å². The molecular formula is C24H22F3N5O2S. The number of nitrogens with zero attached hydrogens (tertiary/aromatic N) is 5. The van der Waals surface area contributed by atoms with Crippen molar-refractivity contribution in [3.05, 3.63) is 53.7 Å². The molecule has 0 atom stereocenters. The number of carbonyl (C=O) groups is 1. The molecule has 0 unspecified atom stereocenters. The van der Waals surface area contributed by atoms with E-state index in [4.69, 9.17) is 22.2 Å². The summed E-state index contributed by atoms with van der Waals surface area (Å²) in [5.41, 5.74) is -1.47. The normalized spacial score (nSPS) is 15.8. The van der Waals surface area contributed by atoms with Crippen LogP contribution < -0.4 is 9.80 Å². The van der Waals surface area contributed by atoms with Gasteiger partial charge in [-0.05, 0) is 68.9 Å². The fourth-order valence-electron chi connectivity index (χ4n) is 4.15. The molecule has 1 amide bonds. The number of fused-ring (bicyclic) bond motifs is 1. The number of halogens is 3. The second kappa shape index (κ2) is 8.94. The topological polar surface area (TPSA) is 74.4 Å². The molecule has 7 nitrogen and oxygen atoms in total. The van der Waals surface area contributed by atoms with Crippen LogP contribution in [0.1, 0.15) is 31.4 Å². The first kappa shape index (κ1) is 24.6. The van der Waals surface area contributed by atoms with E-state index in [1.165, 1.54) is 6.07 Å². The van der Waals surface area contributed by atoms with Crippen LogP contribution >= 0.6 is 12.2 Å². The minimum Gasteiger partial charge on any atom is -0.385 e. The Balaban J connectivity index is 1.72. The van der Waals surface area contributed by atoms with Gasteiger partial charge in [0.2, 0.25) is 0 Å². The number of carbonyl (C=O) groups excluding carboxylic acids is 1. The van der Waals surface area contributed by atoms with E-state index in [2.05, 4.69) is 5.10 Å². The summed E-state index contributed by atoms with van der Waals surface area (Å²) < 4.78 is 47.5. The quantitative estimate of drug-likeness (QED) is 0.354. The first-order chi connectivity index (χ1) is 16.5. The number of benzene rings is 2. The standard InChI is InChI=1S/C24H22F3N5O2S/c1-23(2)21(33)31(17-6-5-15(13-28)19(12-17)24(25,26)27)22(35)32(23)18-7-8-20-16(11-18)14-30(29-20)9-4-10-34-3/h5-8,11-12,14H,4,9-10H2,1-3H3. The van der Waals surface area contributed by atoms with E-state index in [0.717, 1.165) is 34.4 Å². The van der Waals surface area contributed by atoms with Crippen molar-refractivity contribution >= 4 is 45.5 Å². The summed E-state index contributed by atoms with van der Waals surface area (Å²) in [4.78, 5) is 16.1. The maximum Gasteiger partial charge on any atom is 0.417 e. The summed E-state index contributed by atoms with van der Waals surface area (Å²) in [7, 11) is 1.64. The number of alkyl halides is 3. The van der Waals surface area contributed by atoms with Gasteiger partial charge in [0.05, 0.1) is 28.4 Å². The molecule has 2 heterocycles. The Labute approximate surface area is 205 Å². The third kappa shape index (κ3) is 4.35. The molecule has 1 aliphatic rings. The highest BCUT2D eigenvalue weighted by Gasteiger charge is 2.50. The van der Waals surface area contributed by atoms with Crippen LogP contribution in [0.2, 0.25) is 0 Å². The van der Waals surface area contributed by atoms with Crippen LogP contribution in [0.4, 0.5) is 24.5 Å². The number of rotatable bonds is 6. The van der Waals surface area contributed by atoms with Gasteiger partial charge in [-0.1, -0.05) is 0 Å². The Morgan fingerprint density at radius 1 is 1.17 bits per heavy atom. The van der Waals surface area contributed by atoms with Gasteiger partial charge in [0.15, 0.2) is 5.11 Å². The van der Waals surface area contributed by atoms with E-state index in [1.54, 1.807) is 38.0 Å². The number of hydrogen-bond acceptors (Lipinski definition) is 5. The Morgan fingerprint density at radius 3 is 2.54 bits per heavy atom. The molecule has 0 bridgehead atoms. The third-order valence-corrected chi connectivity index (χ3v) is 6.25. The maximum absolute atomic E-state index is 13.5. The number of thiocarbonyl (C=S) groups is 1. The highest BCUT2D eigenvalue weighted by Crippen LogP contribution is 2.40. The molecule has 1 saturated heterocycles. The summed E-state index contributed by atoms with van der Waals surface area (Å²) in [6, 6.07) is 10.1. The van der Waals surface area contributed by atoms with Crippen LogP contribution in [0.5, 0.6) is 0 Å². The van der Waals surface area contributed by atoms with Crippen molar-refractivity contribution in [2.45, 2.75) is 38.5 Å². The van der Waals surface area contributed by atoms with Crippen molar-refractivity contribution in [3.63, 3.8) is 0 Å². The van der Waals surface area contributed by atoms with Gasteiger partial charge in [0.1, 0.15) is 5.54 Å². The zero-order valence-corrected chi connectivity index (χ0v) is 20.1. The number of aromatic nitrogens is 2. The minimum atomic E-state index is -4.75. The van der Waals surface area contributed by atoms with Crippen LogP contribution in [0.3, 0.4) is 0 Å². The summed E-state index contributed by atoms with van der Waals surface area (Å²) in [5, 5.41) is 14.5. The van der Waals surface area contributed by atoms with Crippen molar-refractivity contribution in [3.8, 4) is 6.07 Å². The molecule has 4 rings (SSSR count). The minimum absolute atomic E-state index is 0.0460. The van der Waals surface area contributed by atoms with Gasteiger partial charge >= 0.3 is 6.18 Å². The van der Waals surface area contributed by atoms with Crippen molar-refractivity contribution in [2.24, 2.45) is 0 Å². The first-order valence-corrected chi connectivity index (χ1v) is 11.2. The van der Waals surface area contributed by atoms with Gasteiger partial charge in [0, 0.05) is 37.5 Å². The number of amides is 1. The number of hydrogen-bond donors (Lipinski definition) is 0. The molecule has 1 aliphatic heterocycles. The Hall–Kier alpha value is -3.49. The van der Waals surface area contributed by atoms with Gasteiger partial charge in [-0.25, -0.2) is 0 Å². The molecule has 11 heteroatoms. The van der Waals surface area contributed by atoms with Gasteiger partial charge in [-0.3, -0.25) is 14.4 Å². The predicted octanol–water partition coefficient (Wildman–Crippen LogP) is 4.88. The van der Waals surface area contributed by atoms with Crippen LogP contribution in [0.15, 0.2) is 42.6 Å². The molecule has 0 aliphatic carbocycles. The number of methoxy groups -OCH3 is 1. The predicted molar refractivity (Wildman–Crippen MR) is 129 cm³/mol. The van der Waals surface area contributed by atoms with E-state index in [-0.39, 0.29) is 10.8 Å². The van der Waals surface area contributed by atoms with Crippen LogP contribution in [-0.2, 0) is 22.3 Å². The van der Waals surface area contributed by atoms with Gasteiger partial charge in [-0.15, -0.1) is 0 Å². The van der Waals surface area contributed by atoms with Crippen LogP contribution in [0, 0.1) is 11.3 Å². The number of aryl methyl sites for hydroxylation is 1. The Morgan fingerprint density at radius 2 is 1.89 bits per heavy atom. The van der Waals surface area contributed by atoms with Crippen LogP contribution in [-0.4, -0.2) is 40.1 Å². The summed E-state index contributed by atoms with van der Waals surface area (Å²) >= 11 is 5.60. The maximum atomic E-state index is 13.5. The van der Waals surface area contributed by atoms with E-state index >= 15 is 0 Å². The third-order valence-electron chi connectivity index (χ3n) is 5.88. The lowest BCUT2D eigenvalue weighted by atomic mass is 10.0. The average Bonchev–Trinajstić information content (AvgIpc) is 3.27. The molecule has 3 aromatic rings. The zero-order chi connectivity index (χ0) is 25.5. The average molecular weight is 502 g/mol. The molecule has 182 valence electrons. The monoisotopic (exact) mass is 501 g/mol. The zero-order valence-electron chi connectivity index (χ0n) is 19.3. The fourth-order valence-corrected chi connectivity index (χ4v) is 4.67. The summed E-state index contributed by atoms with van der Waals surface area (Å²) in [6.45, 7) is 4.61. The Bertz CT molecular complexity index is 1360. The van der Waals surface area contributed by atoms with Crippen molar-refractivity contribution in [1.29, 1.82) is 5.26 Å². The number of ether oxygens (including phenoxy) is 1. The van der Waals surface area contributed by atoms with Crippen LogP contribution in [0.25, 0.3) is 10.9 Å². The summed E-state index contributed by atoms with van der Waals surface area (Å²) in [5.74, 6) is -0.476. The highest BCUT2D eigenvalue weighted by molar-refractivity contribution is 7.81. The molecule has 1 aromatic heterocycles. The highest BCUT2D eigenvalue weighted by atomic mass is 32.1. The lowest BCUT2D eigenvalue weighted by molar-refractivity contribution is -0.137. The molecule has 2 aromatic carbocycles.